The van der Waals surface area contributed by atoms with Crippen molar-refractivity contribution in [3.05, 3.63) is 66.1 Å². The van der Waals surface area contributed by atoms with Crippen LogP contribution < -0.4 is 4.72 Å². The minimum absolute atomic E-state index is 0.0588. The third kappa shape index (κ3) is 9.40. The maximum absolute atomic E-state index is 12.5. The molecule has 3 N–H and O–H groups in total. The van der Waals surface area contributed by atoms with Gasteiger partial charge in [-0.1, -0.05) is 24.3 Å². The van der Waals surface area contributed by atoms with Crippen molar-refractivity contribution in [1.29, 1.82) is 0 Å². The first-order valence-corrected chi connectivity index (χ1v) is 14.6. The number of nitrogens with one attached hydrogen (secondary N) is 1. The predicted octanol–water partition coefficient (Wildman–Crippen LogP) is 4.63. The van der Waals surface area contributed by atoms with Crippen LogP contribution in [0.4, 0.5) is 26.3 Å². The molecule has 2 fully saturated rings. The molecular formula is C27H30F6N4O6S. The number of aryl methyl sites for hydroxylation is 1. The highest BCUT2D eigenvalue weighted by atomic mass is 32.2. The van der Waals surface area contributed by atoms with Crippen LogP contribution in [-0.4, -0.2) is 76.3 Å². The molecule has 2 aromatic heterocycles. The van der Waals surface area contributed by atoms with Crippen LogP contribution >= 0.6 is 0 Å². The minimum atomic E-state index is -5.08. The summed E-state index contributed by atoms with van der Waals surface area (Å²) in [6.07, 6.45) is -1.88. The molecule has 0 radical (unpaired) electrons. The summed E-state index contributed by atoms with van der Waals surface area (Å²) in [5.41, 5.74) is 3.76. The second kappa shape index (κ2) is 13.5. The van der Waals surface area contributed by atoms with Crippen LogP contribution in [0.3, 0.4) is 0 Å². The lowest BCUT2D eigenvalue weighted by molar-refractivity contribution is -0.193. The van der Waals surface area contributed by atoms with E-state index in [1.807, 2.05) is 12.3 Å². The third-order valence-corrected chi connectivity index (χ3v) is 8.79. The fourth-order valence-electron chi connectivity index (χ4n) is 5.03. The SMILES string of the molecule is Cc1ccc2ncc(CN3CCC4(CC3)CC(NS(=O)(=O)c3ccccc3)C4)n2c1.O=C(O)C(F)(F)F.O=C(O)C(F)(F)F. The molecule has 17 heteroatoms. The van der Waals surface area contributed by atoms with Crippen LogP contribution in [0, 0.1) is 12.3 Å². The Kier molecular flexibility index (Phi) is 10.7. The Morgan fingerprint density at radius 2 is 1.48 bits per heavy atom. The van der Waals surface area contributed by atoms with E-state index in [2.05, 4.69) is 44.3 Å². The number of sulfonamides is 1. The molecular weight excluding hydrogens is 622 g/mol. The van der Waals surface area contributed by atoms with E-state index in [0.29, 0.717) is 10.3 Å². The van der Waals surface area contributed by atoms with Gasteiger partial charge in [0.1, 0.15) is 5.65 Å². The van der Waals surface area contributed by atoms with Gasteiger partial charge in [0.25, 0.3) is 0 Å². The summed E-state index contributed by atoms with van der Waals surface area (Å²) in [5.74, 6) is -5.51. The highest BCUT2D eigenvalue weighted by molar-refractivity contribution is 7.89. The van der Waals surface area contributed by atoms with E-state index in [0.717, 1.165) is 51.0 Å². The van der Waals surface area contributed by atoms with E-state index in [4.69, 9.17) is 19.8 Å². The number of nitrogens with zero attached hydrogens (tertiary/aromatic N) is 3. The molecule has 0 atom stereocenters. The fraction of sp³-hybridized carbons (Fsp3) is 0.444. The molecule has 0 unspecified atom stereocenters. The number of rotatable bonds is 5. The molecule has 5 rings (SSSR count). The van der Waals surface area contributed by atoms with Crippen molar-refractivity contribution in [3.8, 4) is 0 Å². The second-order valence-electron chi connectivity index (χ2n) is 10.6. The van der Waals surface area contributed by atoms with Gasteiger partial charge in [0, 0.05) is 18.8 Å². The summed E-state index contributed by atoms with van der Waals surface area (Å²) in [6, 6.07) is 12.9. The summed E-state index contributed by atoms with van der Waals surface area (Å²) in [6.45, 7) is 5.12. The van der Waals surface area contributed by atoms with E-state index < -0.39 is 34.3 Å². The molecule has 1 aromatic carbocycles. The Bertz CT molecular complexity index is 1520. The summed E-state index contributed by atoms with van der Waals surface area (Å²) in [4.78, 5) is 25.2. The van der Waals surface area contributed by atoms with Gasteiger partial charge in [-0.15, -0.1) is 0 Å². The molecule has 0 bridgehead atoms. The molecule has 2 aliphatic rings. The number of hydrogen-bond acceptors (Lipinski definition) is 6. The largest absolute Gasteiger partial charge is 0.490 e. The summed E-state index contributed by atoms with van der Waals surface area (Å²) in [7, 11) is -3.42. The number of carbonyl (C=O) groups is 2. The summed E-state index contributed by atoms with van der Waals surface area (Å²) >= 11 is 0. The van der Waals surface area contributed by atoms with Crippen LogP contribution in [0.1, 0.15) is 36.9 Å². The summed E-state index contributed by atoms with van der Waals surface area (Å²) in [5, 5.41) is 14.2. The Labute approximate surface area is 248 Å². The number of carboxylic acid groups (broad SMARTS) is 2. The molecule has 242 valence electrons. The first-order valence-electron chi connectivity index (χ1n) is 13.1. The standard InChI is InChI=1S/C23H28N4O2S.2C2HF3O2/c1-18-7-8-22-24-15-20(27(22)16-18)17-26-11-9-23(10-12-26)13-19(14-23)25-30(28,29)21-5-3-2-4-6-21;2*3-2(4,5)1(6)7/h2-8,15-16,19,25H,9-14,17H2,1H3;2*(H,6,7). The van der Waals surface area contributed by atoms with E-state index in [-0.39, 0.29) is 6.04 Å². The Morgan fingerprint density at radius 1 is 0.955 bits per heavy atom. The Hall–Kier alpha value is -3.70. The third-order valence-electron chi connectivity index (χ3n) is 7.25. The quantitative estimate of drug-likeness (QED) is 0.339. The number of carboxylic acids is 2. The van der Waals surface area contributed by atoms with Crippen molar-refractivity contribution in [1.82, 2.24) is 19.0 Å². The van der Waals surface area contributed by atoms with Gasteiger partial charge in [-0.2, -0.15) is 26.3 Å². The van der Waals surface area contributed by atoms with Gasteiger partial charge in [-0.3, -0.25) is 4.90 Å². The van der Waals surface area contributed by atoms with Gasteiger partial charge in [-0.05, 0) is 74.9 Å². The number of likely N-dealkylation sites (tertiary alicyclic amines) is 1. The van der Waals surface area contributed by atoms with E-state index in [1.165, 1.54) is 11.3 Å². The van der Waals surface area contributed by atoms with Gasteiger partial charge in [0.15, 0.2) is 0 Å². The number of imidazole rings is 1. The number of hydrogen-bond donors (Lipinski definition) is 3. The fourth-order valence-corrected chi connectivity index (χ4v) is 6.29. The number of piperidine rings is 1. The number of pyridine rings is 1. The van der Waals surface area contributed by atoms with Crippen molar-refractivity contribution >= 4 is 27.6 Å². The van der Waals surface area contributed by atoms with Crippen molar-refractivity contribution in [2.24, 2.45) is 5.41 Å². The Morgan fingerprint density at radius 3 is 1.98 bits per heavy atom. The van der Waals surface area contributed by atoms with Crippen LogP contribution in [-0.2, 0) is 26.2 Å². The van der Waals surface area contributed by atoms with Crippen LogP contribution in [0.25, 0.3) is 5.65 Å². The zero-order chi connectivity index (χ0) is 32.9. The minimum Gasteiger partial charge on any atom is -0.475 e. The van der Waals surface area contributed by atoms with Crippen molar-refractivity contribution in [2.45, 2.75) is 62.4 Å². The number of fused-ring (bicyclic) bond motifs is 1. The Balaban J connectivity index is 0.000000317. The summed E-state index contributed by atoms with van der Waals surface area (Å²) < 4.78 is 93.6. The van der Waals surface area contributed by atoms with E-state index >= 15 is 0 Å². The van der Waals surface area contributed by atoms with Gasteiger partial charge in [0.05, 0.1) is 16.8 Å². The van der Waals surface area contributed by atoms with Crippen LogP contribution in [0.15, 0.2) is 59.8 Å². The van der Waals surface area contributed by atoms with Gasteiger partial charge in [0.2, 0.25) is 10.0 Å². The molecule has 3 heterocycles. The zero-order valence-corrected chi connectivity index (χ0v) is 24.1. The molecule has 0 amide bonds. The number of aliphatic carboxylic acids is 2. The van der Waals surface area contributed by atoms with Crippen LogP contribution in [0.2, 0.25) is 0 Å². The lowest BCUT2D eigenvalue weighted by Gasteiger charge is -2.52. The maximum atomic E-state index is 12.5. The van der Waals surface area contributed by atoms with E-state index in [1.54, 1.807) is 24.3 Å². The number of aromatic nitrogens is 2. The maximum Gasteiger partial charge on any atom is 0.490 e. The smallest absolute Gasteiger partial charge is 0.475 e. The van der Waals surface area contributed by atoms with Gasteiger partial charge >= 0.3 is 24.3 Å². The lowest BCUT2D eigenvalue weighted by Crippen LogP contribution is -2.54. The molecule has 1 spiro atoms. The number of alkyl halides is 6. The average Bonchev–Trinajstić information content (AvgIpc) is 3.30. The van der Waals surface area contributed by atoms with Gasteiger partial charge < -0.3 is 14.6 Å². The monoisotopic (exact) mass is 652 g/mol. The highest BCUT2D eigenvalue weighted by Crippen LogP contribution is 2.49. The zero-order valence-electron chi connectivity index (χ0n) is 23.3. The number of benzene rings is 1. The van der Waals surface area contributed by atoms with Crippen molar-refractivity contribution in [2.75, 3.05) is 13.1 Å². The highest BCUT2D eigenvalue weighted by Gasteiger charge is 2.47. The first-order chi connectivity index (χ1) is 20.3. The molecule has 1 aliphatic heterocycles. The molecule has 3 aromatic rings. The first kappa shape index (κ1) is 34.8. The van der Waals surface area contributed by atoms with E-state index in [9.17, 15) is 34.8 Å². The second-order valence-corrected chi connectivity index (χ2v) is 12.3. The molecule has 1 saturated carbocycles. The molecule has 10 nitrogen and oxygen atoms in total. The molecule has 1 saturated heterocycles. The number of halogens is 6. The molecule has 44 heavy (non-hydrogen) atoms. The van der Waals surface area contributed by atoms with Crippen LogP contribution in [0.5, 0.6) is 0 Å². The lowest BCUT2D eigenvalue weighted by atomic mass is 9.61. The topological polar surface area (TPSA) is 141 Å². The van der Waals surface area contributed by atoms with Crippen molar-refractivity contribution in [3.63, 3.8) is 0 Å². The average molecular weight is 653 g/mol. The molecule has 1 aliphatic carbocycles. The normalized spacial score (nSPS) is 17.2. The predicted molar refractivity (Wildman–Crippen MR) is 144 cm³/mol. The van der Waals surface area contributed by atoms with Gasteiger partial charge in [-0.25, -0.2) is 27.7 Å². The van der Waals surface area contributed by atoms with Crippen molar-refractivity contribution < 1.29 is 54.6 Å².